The summed E-state index contributed by atoms with van der Waals surface area (Å²) < 4.78 is 11.6. The molecule has 4 aromatic rings. The summed E-state index contributed by atoms with van der Waals surface area (Å²) in [5, 5.41) is 16.1. The molecule has 0 bridgehead atoms. The van der Waals surface area contributed by atoms with E-state index in [4.69, 9.17) is 9.47 Å². The van der Waals surface area contributed by atoms with Crippen molar-refractivity contribution in [3.05, 3.63) is 96.2 Å². The Morgan fingerprint density at radius 1 is 0.944 bits per heavy atom. The van der Waals surface area contributed by atoms with Crippen molar-refractivity contribution >= 4 is 23.7 Å². The van der Waals surface area contributed by atoms with Gasteiger partial charge in [-0.25, -0.2) is 9.48 Å². The summed E-state index contributed by atoms with van der Waals surface area (Å²) in [5.41, 5.74) is 2.82. The minimum Gasteiger partial charge on any atom is -0.452 e. The summed E-state index contributed by atoms with van der Waals surface area (Å²) >= 11 is 0. The van der Waals surface area contributed by atoms with Crippen molar-refractivity contribution in [3.8, 4) is 28.6 Å². The predicted octanol–water partition coefficient (Wildman–Crippen LogP) is 4.13. The zero-order chi connectivity index (χ0) is 25.5. The predicted molar refractivity (Wildman–Crippen MR) is 130 cm³/mol. The summed E-state index contributed by atoms with van der Waals surface area (Å²) in [6.45, 7) is 0.793. The molecule has 1 aromatic heterocycles. The van der Waals surface area contributed by atoms with Gasteiger partial charge in [0, 0.05) is 6.92 Å². The lowest BCUT2D eigenvalue weighted by Crippen LogP contribution is -2.22. The zero-order valence-electron chi connectivity index (χ0n) is 19.2. The molecule has 1 N–H and O–H groups in total. The number of anilines is 1. The van der Waals surface area contributed by atoms with E-state index in [1.165, 1.54) is 17.8 Å². The standard InChI is InChI=1S/C27H20N4O5/c1-18(32)36-24-13-11-20(12-14-24)19-7-9-21(10-8-19)27(34)35-17-25(33)30-26-22(15-28)16-29-31(26)23-5-3-2-4-6-23/h2-14,16H,17H2,1H3,(H,30,33). The molecule has 0 radical (unpaired) electrons. The number of esters is 2. The second kappa shape index (κ2) is 10.8. The first-order valence-electron chi connectivity index (χ1n) is 10.8. The van der Waals surface area contributed by atoms with E-state index in [0.29, 0.717) is 11.4 Å². The van der Waals surface area contributed by atoms with Crippen LogP contribution in [0, 0.1) is 11.3 Å². The number of hydrogen-bond donors (Lipinski definition) is 1. The molecule has 0 fully saturated rings. The number of carbonyl (C=O) groups is 3. The van der Waals surface area contributed by atoms with Crippen LogP contribution in [-0.2, 0) is 14.3 Å². The van der Waals surface area contributed by atoms with Crippen molar-refractivity contribution in [2.24, 2.45) is 0 Å². The Bertz CT molecular complexity index is 1440. The average molecular weight is 480 g/mol. The first-order chi connectivity index (χ1) is 17.4. The number of nitriles is 1. The maximum absolute atomic E-state index is 12.5. The molecule has 36 heavy (non-hydrogen) atoms. The number of ether oxygens (including phenoxy) is 2. The van der Waals surface area contributed by atoms with Crippen LogP contribution >= 0.6 is 0 Å². The molecule has 3 aromatic carbocycles. The van der Waals surface area contributed by atoms with Crippen LogP contribution in [0.1, 0.15) is 22.8 Å². The molecule has 4 rings (SSSR count). The molecule has 178 valence electrons. The monoisotopic (exact) mass is 480 g/mol. The topological polar surface area (TPSA) is 123 Å². The highest BCUT2D eigenvalue weighted by molar-refractivity contribution is 5.96. The molecule has 0 saturated heterocycles. The first-order valence-corrected chi connectivity index (χ1v) is 10.8. The maximum Gasteiger partial charge on any atom is 0.338 e. The van der Waals surface area contributed by atoms with Crippen LogP contribution in [-0.4, -0.2) is 34.2 Å². The van der Waals surface area contributed by atoms with E-state index in [-0.39, 0.29) is 16.9 Å². The molecular formula is C27H20N4O5. The smallest absolute Gasteiger partial charge is 0.338 e. The highest BCUT2D eigenvalue weighted by atomic mass is 16.5. The van der Waals surface area contributed by atoms with Gasteiger partial charge in [-0.2, -0.15) is 10.4 Å². The number of nitrogens with one attached hydrogen (secondary N) is 1. The number of amides is 1. The molecular weight excluding hydrogens is 460 g/mol. The van der Waals surface area contributed by atoms with Crippen LogP contribution in [0.4, 0.5) is 5.82 Å². The van der Waals surface area contributed by atoms with Crippen molar-refractivity contribution in [3.63, 3.8) is 0 Å². The van der Waals surface area contributed by atoms with Gasteiger partial charge in [0.25, 0.3) is 5.91 Å². The molecule has 0 unspecified atom stereocenters. The van der Waals surface area contributed by atoms with Crippen LogP contribution in [0.25, 0.3) is 16.8 Å². The van der Waals surface area contributed by atoms with Gasteiger partial charge in [-0.3, -0.25) is 9.59 Å². The van der Waals surface area contributed by atoms with E-state index in [9.17, 15) is 19.6 Å². The molecule has 0 spiro atoms. The fraction of sp³-hybridized carbons (Fsp3) is 0.0741. The number of rotatable bonds is 7. The lowest BCUT2D eigenvalue weighted by atomic mass is 10.0. The summed E-state index contributed by atoms with van der Waals surface area (Å²) in [7, 11) is 0. The van der Waals surface area contributed by atoms with Crippen molar-refractivity contribution in [2.75, 3.05) is 11.9 Å². The Kier molecular flexibility index (Phi) is 7.17. The molecule has 0 aliphatic carbocycles. The minimum absolute atomic E-state index is 0.176. The summed E-state index contributed by atoms with van der Waals surface area (Å²) in [4.78, 5) is 35.9. The molecule has 0 atom stereocenters. The van der Waals surface area contributed by atoms with Crippen molar-refractivity contribution in [1.82, 2.24) is 9.78 Å². The van der Waals surface area contributed by atoms with E-state index in [1.807, 2.05) is 12.1 Å². The number of carbonyl (C=O) groups excluding carboxylic acids is 3. The summed E-state index contributed by atoms with van der Waals surface area (Å²) in [5.74, 6) is -1.04. The van der Waals surface area contributed by atoms with Crippen LogP contribution in [0.15, 0.2) is 85.1 Å². The second-order valence-electron chi connectivity index (χ2n) is 7.59. The maximum atomic E-state index is 12.5. The SMILES string of the molecule is CC(=O)Oc1ccc(-c2ccc(C(=O)OCC(=O)Nc3c(C#N)cnn3-c3ccccc3)cc2)cc1. The van der Waals surface area contributed by atoms with Crippen molar-refractivity contribution in [1.29, 1.82) is 5.26 Å². The van der Waals surface area contributed by atoms with E-state index < -0.39 is 24.5 Å². The molecule has 1 heterocycles. The molecule has 9 nitrogen and oxygen atoms in total. The van der Waals surface area contributed by atoms with Gasteiger partial charge in [0.1, 0.15) is 17.4 Å². The lowest BCUT2D eigenvalue weighted by molar-refractivity contribution is -0.131. The molecule has 1 amide bonds. The Morgan fingerprint density at radius 2 is 1.58 bits per heavy atom. The van der Waals surface area contributed by atoms with Crippen LogP contribution < -0.4 is 10.1 Å². The quantitative estimate of drug-likeness (QED) is 0.312. The number of aromatic nitrogens is 2. The number of hydrogen-bond acceptors (Lipinski definition) is 7. The number of para-hydroxylation sites is 1. The Morgan fingerprint density at radius 3 is 2.19 bits per heavy atom. The van der Waals surface area contributed by atoms with Gasteiger partial charge in [-0.15, -0.1) is 0 Å². The molecule has 0 aliphatic rings. The number of nitrogens with zero attached hydrogens (tertiary/aromatic N) is 3. The zero-order valence-corrected chi connectivity index (χ0v) is 19.2. The van der Waals surface area contributed by atoms with Gasteiger partial charge >= 0.3 is 11.9 Å². The first kappa shape index (κ1) is 23.9. The molecule has 0 aliphatic heterocycles. The summed E-state index contributed by atoms with van der Waals surface area (Å²) in [6.07, 6.45) is 1.35. The average Bonchev–Trinajstić information content (AvgIpc) is 3.30. The fourth-order valence-electron chi connectivity index (χ4n) is 3.38. The highest BCUT2D eigenvalue weighted by Crippen LogP contribution is 2.23. The number of benzene rings is 3. The third-order valence-corrected chi connectivity index (χ3v) is 5.05. The van der Waals surface area contributed by atoms with E-state index in [1.54, 1.807) is 72.8 Å². The van der Waals surface area contributed by atoms with Crippen LogP contribution in [0.5, 0.6) is 5.75 Å². The van der Waals surface area contributed by atoms with Crippen LogP contribution in [0.3, 0.4) is 0 Å². The van der Waals surface area contributed by atoms with Gasteiger partial charge < -0.3 is 14.8 Å². The van der Waals surface area contributed by atoms with E-state index in [0.717, 1.165) is 11.1 Å². The Hall–Kier alpha value is -5.23. The largest absolute Gasteiger partial charge is 0.452 e. The van der Waals surface area contributed by atoms with Crippen molar-refractivity contribution < 1.29 is 23.9 Å². The third-order valence-electron chi connectivity index (χ3n) is 5.05. The molecule has 0 saturated carbocycles. The van der Waals surface area contributed by atoms with Gasteiger partial charge in [0.05, 0.1) is 17.4 Å². The van der Waals surface area contributed by atoms with Gasteiger partial charge in [-0.05, 0) is 47.5 Å². The minimum atomic E-state index is -0.668. The van der Waals surface area contributed by atoms with Crippen molar-refractivity contribution in [2.45, 2.75) is 6.92 Å². The van der Waals surface area contributed by atoms with Gasteiger partial charge in [0.2, 0.25) is 0 Å². The van der Waals surface area contributed by atoms with Crippen LogP contribution in [0.2, 0.25) is 0 Å². The van der Waals surface area contributed by atoms with E-state index in [2.05, 4.69) is 10.4 Å². The van der Waals surface area contributed by atoms with E-state index >= 15 is 0 Å². The van der Waals surface area contributed by atoms with Gasteiger partial charge in [-0.1, -0.05) is 42.5 Å². The third kappa shape index (κ3) is 5.63. The van der Waals surface area contributed by atoms with Gasteiger partial charge in [0.15, 0.2) is 12.4 Å². The lowest BCUT2D eigenvalue weighted by Gasteiger charge is -2.10. The summed E-state index contributed by atoms with van der Waals surface area (Å²) in [6, 6.07) is 24.6. The second-order valence-corrected chi connectivity index (χ2v) is 7.59. The highest BCUT2D eigenvalue weighted by Gasteiger charge is 2.17. The normalized spacial score (nSPS) is 10.2. The Labute approximate surface area is 206 Å². The fourth-order valence-corrected chi connectivity index (χ4v) is 3.38. The Balaban J connectivity index is 1.37. The molecule has 9 heteroatoms.